The number of halogens is 4. The number of amides is 2. The average molecular weight is 390 g/mol. The molecule has 0 spiro atoms. The Bertz CT molecular complexity index is 683. The summed E-state index contributed by atoms with van der Waals surface area (Å²) in [6.07, 6.45) is -5.66. The maximum Gasteiger partial charge on any atom is 0.408 e. The molecule has 27 heavy (non-hydrogen) atoms. The minimum absolute atomic E-state index is 0.0522. The van der Waals surface area contributed by atoms with Crippen LogP contribution in [0.3, 0.4) is 0 Å². The summed E-state index contributed by atoms with van der Waals surface area (Å²) >= 11 is 0. The molecule has 9 heteroatoms. The number of alkyl carbamates (subject to hydrolysis) is 1. The van der Waals surface area contributed by atoms with Gasteiger partial charge < -0.3 is 15.0 Å². The number of piperidine rings is 1. The maximum absolute atomic E-state index is 13.4. The number of ether oxygens (including phenoxy) is 1. The van der Waals surface area contributed by atoms with E-state index >= 15 is 0 Å². The number of rotatable bonds is 2. The molecule has 2 rings (SSSR count). The topological polar surface area (TPSA) is 58.6 Å². The maximum atomic E-state index is 13.4. The minimum atomic E-state index is -4.60. The molecule has 0 unspecified atom stereocenters. The lowest BCUT2D eigenvalue weighted by atomic mass is 9.96. The second-order valence-corrected chi connectivity index (χ2v) is 7.44. The average Bonchev–Trinajstić information content (AvgIpc) is 2.52. The van der Waals surface area contributed by atoms with Gasteiger partial charge in [-0.15, -0.1) is 0 Å². The Kier molecular flexibility index (Phi) is 6.01. The van der Waals surface area contributed by atoms with E-state index in [0.717, 1.165) is 24.3 Å². The third-order valence-electron chi connectivity index (χ3n) is 4.03. The zero-order valence-electron chi connectivity index (χ0n) is 15.3. The van der Waals surface area contributed by atoms with Gasteiger partial charge in [-0.2, -0.15) is 13.2 Å². The van der Waals surface area contributed by atoms with Crippen molar-refractivity contribution in [3.05, 3.63) is 35.6 Å². The summed E-state index contributed by atoms with van der Waals surface area (Å²) < 4.78 is 58.3. The molecule has 0 radical (unpaired) electrons. The molecule has 2 amide bonds. The quantitative estimate of drug-likeness (QED) is 0.780. The Morgan fingerprint density at radius 1 is 1.11 bits per heavy atom. The highest BCUT2D eigenvalue weighted by Gasteiger charge is 2.48. The molecule has 1 fully saturated rings. The number of hydrogen-bond donors (Lipinski definition) is 1. The second-order valence-electron chi connectivity index (χ2n) is 7.44. The van der Waals surface area contributed by atoms with Crippen LogP contribution in [0.2, 0.25) is 0 Å². The number of likely N-dealkylation sites (tertiary alicyclic amines) is 1. The number of carbonyl (C=O) groups is 2. The molecule has 1 aromatic carbocycles. The van der Waals surface area contributed by atoms with Crippen molar-refractivity contribution in [3.8, 4) is 0 Å². The molecule has 0 aliphatic carbocycles. The van der Waals surface area contributed by atoms with Crippen LogP contribution < -0.4 is 5.32 Å². The van der Waals surface area contributed by atoms with Gasteiger partial charge in [-0.1, -0.05) is 0 Å². The van der Waals surface area contributed by atoms with Crippen LogP contribution >= 0.6 is 0 Å². The molecule has 1 saturated heterocycles. The Morgan fingerprint density at radius 3 is 2.22 bits per heavy atom. The highest BCUT2D eigenvalue weighted by atomic mass is 19.4. The van der Waals surface area contributed by atoms with Gasteiger partial charge in [-0.25, -0.2) is 9.18 Å². The lowest BCUT2D eigenvalue weighted by molar-refractivity contribution is -0.184. The molecule has 0 aromatic heterocycles. The Morgan fingerprint density at radius 2 is 1.70 bits per heavy atom. The Balaban J connectivity index is 2.17. The number of nitrogens with one attached hydrogen (secondary N) is 1. The molecular weight excluding hydrogens is 368 g/mol. The van der Waals surface area contributed by atoms with Crippen LogP contribution in [0.5, 0.6) is 0 Å². The van der Waals surface area contributed by atoms with Crippen LogP contribution in [0.4, 0.5) is 22.4 Å². The van der Waals surface area contributed by atoms with Crippen molar-refractivity contribution in [3.63, 3.8) is 0 Å². The lowest BCUT2D eigenvalue weighted by Crippen LogP contribution is -2.58. The van der Waals surface area contributed by atoms with Gasteiger partial charge in [0, 0.05) is 18.2 Å². The van der Waals surface area contributed by atoms with Crippen LogP contribution in [-0.2, 0) is 4.74 Å². The molecule has 1 heterocycles. The van der Waals surface area contributed by atoms with Crippen molar-refractivity contribution in [2.24, 2.45) is 0 Å². The number of carbonyl (C=O) groups excluding carboxylic acids is 2. The summed E-state index contributed by atoms with van der Waals surface area (Å²) in [6.45, 7) is 4.67. The van der Waals surface area contributed by atoms with Crippen molar-refractivity contribution >= 4 is 12.0 Å². The summed E-state index contributed by atoms with van der Waals surface area (Å²) in [5.41, 5.74) is -0.805. The van der Waals surface area contributed by atoms with Crippen molar-refractivity contribution < 1.29 is 31.9 Å². The van der Waals surface area contributed by atoms with Gasteiger partial charge in [0.05, 0.1) is 0 Å². The van der Waals surface area contributed by atoms with Gasteiger partial charge in [0.1, 0.15) is 17.5 Å². The predicted octanol–water partition coefficient (Wildman–Crippen LogP) is 3.89. The van der Waals surface area contributed by atoms with Gasteiger partial charge in [0.15, 0.2) is 0 Å². The molecule has 1 aliphatic rings. The fraction of sp³-hybridized carbons (Fsp3) is 0.556. The second kappa shape index (κ2) is 7.74. The van der Waals surface area contributed by atoms with Crippen LogP contribution in [0, 0.1) is 5.82 Å². The summed E-state index contributed by atoms with van der Waals surface area (Å²) in [5, 5.41) is 2.51. The predicted molar refractivity (Wildman–Crippen MR) is 89.7 cm³/mol. The summed E-state index contributed by atoms with van der Waals surface area (Å²) in [6, 6.07) is 1.65. The molecule has 1 aromatic rings. The first kappa shape index (κ1) is 21.0. The van der Waals surface area contributed by atoms with E-state index in [4.69, 9.17) is 4.74 Å². The van der Waals surface area contributed by atoms with Gasteiger partial charge in [0.25, 0.3) is 5.91 Å². The molecule has 2 atom stereocenters. The van der Waals surface area contributed by atoms with E-state index in [2.05, 4.69) is 5.32 Å². The SMILES string of the molecule is CC(C)(C)OC(=O)N[C@@H]1CC[C@@H](C(F)(F)F)N(C(=O)c2ccc(F)cc2)C1. The number of alkyl halides is 3. The van der Waals surface area contributed by atoms with Gasteiger partial charge in [-0.3, -0.25) is 4.79 Å². The monoisotopic (exact) mass is 390 g/mol. The van der Waals surface area contributed by atoms with Gasteiger partial charge >= 0.3 is 12.3 Å². The van der Waals surface area contributed by atoms with Gasteiger partial charge in [0.2, 0.25) is 0 Å². The molecule has 150 valence electrons. The van der Waals surface area contributed by atoms with E-state index in [1.807, 2.05) is 0 Å². The van der Waals surface area contributed by atoms with E-state index in [1.165, 1.54) is 0 Å². The van der Waals surface area contributed by atoms with Crippen molar-refractivity contribution in [1.29, 1.82) is 0 Å². The van der Waals surface area contributed by atoms with Crippen LogP contribution in [0.25, 0.3) is 0 Å². The Labute approximate surface area is 154 Å². The van der Waals surface area contributed by atoms with Crippen LogP contribution in [-0.4, -0.2) is 47.3 Å². The normalized spacial score (nSPS) is 20.9. The molecule has 5 nitrogen and oxygen atoms in total. The molecule has 0 saturated carbocycles. The van der Waals surface area contributed by atoms with Gasteiger partial charge in [-0.05, 0) is 57.9 Å². The zero-order valence-corrected chi connectivity index (χ0v) is 15.3. The number of nitrogens with zero attached hydrogens (tertiary/aromatic N) is 1. The first-order valence-electron chi connectivity index (χ1n) is 8.49. The minimum Gasteiger partial charge on any atom is -0.444 e. The Hall–Kier alpha value is -2.32. The van der Waals surface area contributed by atoms with Crippen LogP contribution in [0.15, 0.2) is 24.3 Å². The molecule has 1 aliphatic heterocycles. The fourth-order valence-corrected chi connectivity index (χ4v) is 2.89. The van der Waals surface area contributed by atoms with E-state index in [9.17, 15) is 27.2 Å². The largest absolute Gasteiger partial charge is 0.444 e. The van der Waals surface area contributed by atoms with Crippen LogP contribution in [0.1, 0.15) is 44.0 Å². The summed E-state index contributed by atoms with van der Waals surface area (Å²) in [7, 11) is 0. The van der Waals surface area contributed by atoms with E-state index in [-0.39, 0.29) is 24.9 Å². The van der Waals surface area contributed by atoms with Crippen molar-refractivity contribution in [2.75, 3.05) is 6.54 Å². The molecular formula is C18H22F4N2O3. The molecule has 1 N–H and O–H groups in total. The first-order chi connectivity index (χ1) is 12.4. The van der Waals surface area contributed by atoms with E-state index in [1.54, 1.807) is 20.8 Å². The summed E-state index contributed by atoms with van der Waals surface area (Å²) in [5.74, 6) is -1.46. The third kappa shape index (κ3) is 5.83. The third-order valence-corrected chi connectivity index (χ3v) is 4.03. The smallest absolute Gasteiger partial charge is 0.408 e. The zero-order chi connectivity index (χ0) is 20.4. The fourth-order valence-electron chi connectivity index (χ4n) is 2.89. The highest BCUT2D eigenvalue weighted by molar-refractivity contribution is 5.94. The van der Waals surface area contributed by atoms with Crippen molar-refractivity contribution in [1.82, 2.24) is 10.2 Å². The standard InChI is InChI=1S/C18H22F4N2O3/c1-17(2,3)27-16(26)23-13-8-9-14(18(20,21)22)24(10-13)15(25)11-4-6-12(19)7-5-11/h4-7,13-14H,8-10H2,1-3H3,(H,23,26)/t13-,14+/m1/s1. The number of benzene rings is 1. The first-order valence-corrected chi connectivity index (χ1v) is 8.49. The van der Waals surface area contributed by atoms with Crippen molar-refractivity contribution in [2.45, 2.75) is 57.5 Å². The number of hydrogen-bond acceptors (Lipinski definition) is 3. The van der Waals surface area contributed by atoms with E-state index < -0.39 is 41.7 Å². The summed E-state index contributed by atoms with van der Waals surface area (Å²) in [4.78, 5) is 25.2. The molecule has 0 bridgehead atoms. The lowest BCUT2D eigenvalue weighted by Gasteiger charge is -2.40. The highest BCUT2D eigenvalue weighted by Crippen LogP contribution is 2.33. The van der Waals surface area contributed by atoms with E-state index in [0.29, 0.717) is 4.90 Å².